The molecule has 3 rings (SSSR count). The van der Waals surface area contributed by atoms with E-state index in [-0.39, 0.29) is 5.69 Å². The number of aryl methyl sites for hydroxylation is 1. The van der Waals surface area contributed by atoms with E-state index in [0.717, 1.165) is 27.8 Å². The minimum absolute atomic E-state index is 0.00670. The maximum absolute atomic E-state index is 10.8. The molecule has 0 aliphatic carbocycles. The summed E-state index contributed by atoms with van der Waals surface area (Å²) >= 11 is 0. The number of nitrogens with zero attached hydrogens (tertiary/aromatic N) is 4. The molecule has 0 bridgehead atoms. The summed E-state index contributed by atoms with van der Waals surface area (Å²) in [5, 5.41) is 21.4. The molecule has 0 unspecified atom stereocenters. The van der Waals surface area contributed by atoms with Gasteiger partial charge in [0, 0.05) is 37.2 Å². The largest absolute Gasteiger partial charge is 0.362 e. The van der Waals surface area contributed by atoms with E-state index in [9.17, 15) is 15.4 Å². The molecule has 0 fully saturated rings. The second kappa shape index (κ2) is 7.26. The van der Waals surface area contributed by atoms with Crippen LogP contribution in [0, 0.1) is 28.4 Å². The van der Waals surface area contributed by atoms with Gasteiger partial charge in [-0.25, -0.2) is 4.98 Å². The lowest BCUT2D eigenvalue weighted by molar-refractivity contribution is -0.384. The van der Waals surface area contributed by atoms with Crippen molar-refractivity contribution < 1.29 is 4.92 Å². The first-order chi connectivity index (χ1) is 12.9. The van der Waals surface area contributed by atoms with Crippen molar-refractivity contribution in [2.45, 2.75) is 6.92 Å². The fourth-order valence-electron chi connectivity index (χ4n) is 2.85. The third kappa shape index (κ3) is 3.77. The SMILES string of the molecule is Cc1ccc2cc(C=C(C#N)c3ccc([N+](=O)[O-])cc3)c(N(C)C)nc2c1. The molecule has 0 radical (unpaired) electrons. The number of non-ortho nitro benzene ring substituents is 1. The number of rotatable bonds is 4. The van der Waals surface area contributed by atoms with Crippen molar-refractivity contribution in [3.8, 4) is 6.07 Å². The molecule has 134 valence electrons. The smallest absolute Gasteiger partial charge is 0.269 e. The normalized spacial score (nSPS) is 11.3. The van der Waals surface area contributed by atoms with Gasteiger partial charge in [-0.05, 0) is 48.4 Å². The molecule has 0 N–H and O–H groups in total. The van der Waals surface area contributed by atoms with Crippen molar-refractivity contribution >= 4 is 34.1 Å². The number of nitro groups is 1. The van der Waals surface area contributed by atoms with Crippen LogP contribution in [0.5, 0.6) is 0 Å². The predicted octanol–water partition coefficient (Wildman–Crippen LogP) is 4.58. The van der Waals surface area contributed by atoms with Crippen LogP contribution >= 0.6 is 0 Å². The topological polar surface area (TPSA) is 83.1 Å². The Morgan fingerprint density at radius 3 is 2.48 bits per heavy atom. The molecule has 0 saturated carbocycles. The number of fused-ring (bicyclic) bond motifs is 1. The number of aromatic nitrogens is 1. The number of hydrogen-bond acceptors (Lipinski definition) is 5. The van der Waals surface area contributed by atoms with Gasteiger partial charge in [-0.2, -0.15) is 5.26 Å². The molecule has 27 heavy (non-hydrogen) atoms. The van der Waals surface area contributed by atoms with Crippen LogP contribution in [0.25, 0.3) is 22.6 Å². The molecule has 2 aromatic carbocycles. The summed E-state index contributed by atoms with van der Waals surface area (Å²) < 4.78 is 0. The molecule has 1 heterocycles. The third-order valence-corrected chi connectivity index (χ3v) is 4.21. The van der Waals surface area contributed by atoms with E-state index < -0.39 is 4.92 Å². The second-order valence-electron chi connectivity index (χ2n) is 6.47. The highest BCUT2D eigenvalue weighted by atomic mass is 16.6. The number of pyridine rings is 1. The number of nitriles is 1. The Bertz CT molecular complexity index is 1090. The van der Waals surface area contributed by atoms with Crippen molar-refractivity contribution in [2.75, 3.05) is 19.0 Å². The molecular weight excluding hydrogens is 340 g/mol. The van der Waals surface area contributed by atoms with Gasteiger partial charge in [-0.1, -0.05) is 12.1 Å². The van der Waals surface area contributed by atoms with E-state index in [4.69, 9.17) is 4.98 Å². The zero-order valence-corrected chi connectivity index (χ0v) is 15.3. The Balaban J connectivity index is 2.14. The maximum Gasteiger partial charge on any atom is 0.269 e. The summed E-state index contributed by atoms with van der Waals surface area (Å²) in [7, 11) is 3.80. The van der Waals surface area contributed by atoms with Crippen molar-refractivity contribution in [2.24, 2.45) is 0 Å². The Kier molecular flexibility index (Phi) is 4.86. The van der Waals surface area contributed by atoms with Gasteiger partial charge < -0.3 is 4.90 Å². The molecule has 0 saturated heterocycles. The number of hydrogen-bond donors (Lipinski definition) is 0. The zero-order chi connectivity index (χ0) is 19.6. The van der Waals surface area contributed by atoms with Gasteiger partial charge in [0.2, 0.25) is 0 Å². The highest BCUT2D eigenvalue weighted by Crippen LogP contribution is 2.28. The summed E-state index contributed by atoms with van der Waals surface area (Å²) in [5.41, 5.74) is 3.87. The third-order valence-electron chi connectivity index (χ3n) is 4.21. The van der Waals surface area contributed by atoms with Gasteiger partial charge in [0.15, 0.2) is 0 Å². The van der Waals surface area contributed by atoms with Crippen LogP contribution in [0.15, 0.2) is 48.5 Å². The first-order valence-corrected chi connectivity index (χ1v) is 8.34. The van der Waals surface area contributed by atoms with Crippen LogP contribution in [0.2, 0.25) is 0 Å². The highest BCUT2D eigenvalue weighted by Gasteiger charge is 2.11. The van der Waals surface area contributed by atoms with E-state index in [1.54, 1.807) is 18.2 Å². The molecule has 0 aliphatic heterocycles. The minimum Gasteiger partial charge on any atom is -0.362 e. The number of nitro benzene ring substituents is 1. The monoisotopic (exact) mass is 358 g/mol. The Morgan fingerprint density at radius 2 is 1.89 bits per heavy atom. The van der Waals surface area contributed by atoms with E-state index in [1.165, 1.54) is 12.1 Å². The quantitative estimate of drug-likeness (QED) is 0.387. The average molecular weight is 358 g/mol. The molecule has 0 aliphatic rings. The van der Waals surface area contributed by atoms with Gasteiger partial charge >= 0.3 is 0 Å². The lowest BCUT2D eigenvalue weighted by Gasteiger charge is -2.16. The highest BCUT2D eigenvalue weighted by molar-refractivity contribution is 5.94. The number of anilines is 1. The lowest BCUT2D eigenvalue weighted by Crippen LogP contribution is -2.12. The van der Waals surface area contributed by atoms with Crippen molar-refractivity contribution in [3.63, 3.8) is 0 Å². The molecule has 0 amide bonds. The second-order valence-corrected chi connectivity index (χ2v) is 6.47. The summed E-state index contributed by atoms with van der Waals surface area (Å²) in [6.07, 6.45) is 1.77. The molecular formula is C21H18N4O2. The molecule has 0 atom stereocenters. The standard InChI is InChI=1S/C21H18N4O2/c1-14-4-5-16-11-17(21(24(2)3)23-20(16)10-14)12-18(13-22)15-6-8-19(9-7-15)25(26)27/h4-12H,1-3H3. The summed E-state index contributed by atoms with van der Waals surface area (Å²) in [6, 6.07) is 16.2. The van der Waals surface area contributed by atoms with Gasteiger partial charge in [0.05, 0.1) is 22.1 Å². The average Bonchev–Trinajstić information content (AvgIpc) is 2.65. The van der Waals surface area contributed by atoms with Crippen LogP contribution in [-0.4, -0.2) is 24.0 Å². The van der Waals surface area contributed by atoms with Gasteiger partial charge in [-0.3, -0.25) is 10.1 Å². The summed E-state index contributed by atoms with van der Waals surface area (Å²) in [6.45, 7) is 2.02. The lowest BCUT2D eigenvalue weighted by atomic mass is 10.0. The van der Waals surface area contributed by atoms with Crippen molar-refractivity contribution in [3.05, 3.63) is 75.3 Å². The molecule has 0 spiro atoms. The van der Waals surface area contributed by atoms with E-state index in [0.29, 0.717) is 11.1 Å². The molecule has 6 nitrogen and oxygen atoms in total. The Labute approximate surface area is 157 Å². The van der Waals surface area contributed by atoms with Crippen LogP contribution in [0.4, 0.5) is 11.5 Å². The van der Waals surface area contributed by atoms with E-state index >= 15 is 0 Å². The fraction of sp³-hybridized carbons (Fsp3) is 0.143. The Morgan fingerprint density at radius 1 is 1.19 bits per heavy atom. The first kappa shape index (κ1) is 18.1. The first-order valence-electron chi connectivity index (χ1n) is 8.34. The van der Waals surface area contributed by atoms with Gasteiger partial charge in [0.1, 0.15) is 5.82 Å². The van der Waals surface area contributed by atoms with Crippen molar-refractivity contribution in [1.29, 1.82) is 5.26 Å². The van der Waals surface area contributed by atoms with E-state index in [1.807, 2.05) is 50.2 Å². The minimum atomic E-state index is -0.459. The summed E-state index contributed by atoms with van der Waals surface area (Å²) in [5.74, 6) is 0.753. The van der Waals surface area contributed by atoms with E-state index in [2.05, 4.69) is 6.07 Å². The summed E-state index contributed by atoms with van der Waals surface area (Å²) in [4.78, 5) is 17.0. The number of benzene rings is 2. The van der Waals surface area contributed by atoms with Crippen molar-refractivity contribution in [1.82, 2.24) is 4.98 Å². The molecule has 6 heteroatoms. The van der Waals surface area contributed by atoms with Crippen LogP contribution in [0.1, 0.15) is 16.7 Å². The Hall–Kier alpha value is -3.72. The van der Waals surface area contributed by atoms with Gasteiger partial charge in [-0.15, -0.1) is 0 Å². The van der Waals surface area contributed by atoms with Crippen LogP contribution < -0.4 is 4.90 Å². The van der Waals surface area contributed by atoms with Crippen LogP contribution in [0.3, 0.4) is 0 Å². The van der Waals surface area contributed by atoms with Crippen LogP contribution in [-0.2, 0) is 0 Å². The van der Waals surface area contributed by atoms with Gasteiger partial charge in [0.25, 0.3) is 5.69 Å². The molecule has 3 aromatic rings. The molecule has 1 aromatic heterocycles. The number of allylic oxidation sites excluding steroid dienone is 1. The predicted molar refractivity (Wildman–Crippen MR) is 107 cm³/mol. The fourth-order valence-corrected chi connectivity index (χ4v) is 2.85. The zero-order valence-electron chi connectivity index (χ0n) is 15.3. The maximum atomic E-state index is 10.8.